The lowest BCUT2D eigenvalue weighted by Gasteiger charge is -2.23. The molecule has 2 amide bonds. The van der Waals surface area contributed by atoms with E-state index in [-0.39, 0.29) is 24.3 Å². The van der Waals surface area contributed by atoms with Crippen LogP contribution >= 0.6 is 0 Å². The second-order valence-corrected chi connectivity index (χ2v) is 6.36. The summed E-state index contributed by atoms with van der Waals surface area (Å²) in [6.45, 7) is 2.50. The third-order valence-electron chi connectivity index (χ3n) is 4.58. The molecule has 7 nitrogen and oxygen atoms in total. The molecule has 1 aliphatic heterocycles. The first-order valence-corrected chi connectivity index (χ1v) is 8.27. The molecule has 0 aromatic carbocycles. The quantitative estimate of drug-likeness (QED) is 0.822. The molecular formula is C17H22N2O5. The van der Waals surface area contributed by atoms with Crippen LogP contribution in [-0.4, -0.2) is 42.4 Å². The number of rotatable bonds is 5. The number of aryl methyl sites for hydroxylation is 1. The van der Waals surface area contributed by atoms with Crippen LogP contribution in [0.2, 0.25) is 0 Å². The minimum Gasteiger partial charge on any atom is -0.465 e. The van der Waals surface area contributed by atoms with Crippen LogP contribution in [0.25, 0.3) is 0 Å². The molecule has 1 aromatic rings. The van der Waals surface area contributed by atoms with Crippen molar-refractivity contribution < 1.29 is 23.5 Å². The Morgan fingerprint density at radius 1 is 1.33 bits per heavy atom. The predicted molar refractivity (Wildman–Crippen MR) is 84.1 cm³/mol. The highest BCUT2D eigenvalue weighted by Gasteiger charge is 2.40. The second-order valence-electron chi connectivity index (χ2n) is 6.36. The van der Waals surface area contributed by atoms with Crippen LogP contribution < -0.4 is 5.32 Å². The average Bonchev–Trinajstić information content (AvgIpc) is 3.19. The van der Waals surface area contributed by atoms with Gasteiger partial charge in [-0.05, 0) is 38.7 Å². The Bertz CT molecular complexity index is 662. The predicted octanol–water partition coefficient (Wildman–Crippen LogP) is 1.39. The molecule has 1 N–H and O–H groups in total. The fraction of sp³-hybridized carbons (Fsp3) is 0.588. The number of hydrogen-bond donors (Lipinski definition) is 1. The Labute approximate surface area is 140 Å². The van der Waals surface area contributed by atoms with Gasteiger partial charge in [0.15, 0.2) is 0 Å². The molecule has 3 rings (SSSR count). The molecule has 130 valence electrons. The highest BCUT2D eigenvalue weighted by atomic mass is 16.5. The SMILES string of the molecule is COC(=O)c1cc(CNC(=O)[C@@H]2CCCN2C(=O)C2CC2)oc1C. The van der Waals surface area contributed by atoms with Crippen molar-refractivity contribution in [3.05, 3.63) is 23.2 Å². The number of hydrogen-bond acceptors (Lipinski definition) is 5. The van der Waals surface area contributed by atoms with E-state index in [0.29, 0.717) is 30.0 Å². The highest BCUT2D eigenvalue weighted by molar-refractivity contribution is 5.91. The van der Waals surface area contributed by atoms with E-state index in [1.807, 2.05) is 0 Å². The van der Waals surface area contributed by atoms with Crippen LogP contribution in [0.3, 0.4) is 0 Å². The molecular weight excluding hydrogens is 312 g/mol. The summed E-state index contributed by atoms with van der Waals surface area (Å²) >= 11 is 0. The zero-order chi connectivity index (χ0) is 17.3. The monoisotopic (exact) mass is 334 g/mol. The van der Waals surface area contributed by atoms with E-state index in [2.05, 4.69) is 10.1 Å². The minimum absolute atomic E-state index is 0.106. The van der Waals surface area contributed by atoms with Crippen molar-refractivity contribution in [3.63, 3.8) is 0 Å². The number of ether oxygens (including phenoxy) is 1. The van der Waals surface area contributed by atoms with E-state index in [1.165, 1.54) is 7.11 Å². The molecule has 1 saturated heterocycles. The smallest absolute Gasteiger partial charge is 0.341 e. The van der Waals surface area contributed by atoms with Gasteiger partial charge in [0.25, 0.3) is 0 Å². The number of methoxy groups -OCH3 is 1. The van der Waals surface area contributed by atoms with Crippen molar-refractivity contribution >= 4 is 17.8 Å². The Morgan fingerprint density at radius 2 is 2.08 bits per heavy atom. The van der Waals surface area contributed by atoms with Gasteiger partial charge in [-0.2, -0.15) is 0 Å². The number of nitrogens with zero attached hydrogens (tertiary/aromatic N) is 1. The van der Waals surface area contributed by atoms with Crippen molar-refractivity contribution in [3.8, 4) is 0 Å². The van der Waals surface area contributed by atoms with Crippen LogP contribution in [0, 0.1) is 12.8 Å². The summed E-state index contributed by atoms with van der Waals surface area (Å²) in [6, 6.07) is 1.18. The first-order valence-electron chi connectivity index (χ1n) is 8.27. The summed E-state index contributed by atoms with van der Waals surface area (Å²) in [7, 11) is 1.31. The number of nitrogens with one attached hydrogen (secondary N) is 1. The van der Waals surface area contributed by atoms with E-state index in [1.54, 1.807) is 17.9 Å². The normalized spacial score (nSPS) is 20.1. The van der Waals surface area contributed by atoms with Gasteiger partial charge in [-0.3, -0.25) is 9.59 Å². The van der Waals surface area contributed by atoms with Gasteiger partial charge in [-0.1, -0.05) is 0 Å². The second kappa shape index (κ2) is 6.67. The van der Waals surface area contributed by atoms with E-state index in [0.717, 1.165) is 19.3 Å². The molecule has 0 radical (unpaired) electrons. The van der Waals surface area contributed by atoms with Crippen molar-refractivity contribution in [1.29, 1.82) is 0 Å². The lowest BCUT2D eigenvalue weighted by atomic mass is 10.2. The van der Waals surface area contributed by atoms with Gasteiger partial charge >= 0.3 is 5.97 Å². The summed E-state index contributed by atoms with van der Waals surface area (Å²) in [4.78, 5) is 37.9. The largest absolute Gasteiger partial charge is 0.465 e. The molecule has 1 saturated carbocycles. The van der Waals surface area contributed by atoms with Gasteiger partial charge in [0, 0.05) is 12.5 Å². The Hall–Kier alpha value is -2.31. The van der Waals surface area contributed by atoms with E-state index >= 15 is 0 Å². The summed E-state index contributed by atoms with van der Waals surface area (Å²) in [5, 5.41) is 2.80. The molecule has 24 heavy (non-hydrogen) atoms. The molecule has 1 aliphatic carbocycles. The fourth-order valence-corrected chi connectivity index (χ4v) is 3.10. The molecule has 0 spiro atoms. The molecule has 1 aromatic heterocycles. The molecule has 2 heterocycles. The Balaban J connectivity index is 1.59. The van der Waals surface area contributed by atoms with E-state index < -0.39 is 12.0 Å². The summed E-state index contributed by atoms with van der Waals surface area (Å²) in [6.07, 6.45) is 3.41. The first-order chi connectivity index (χ1) is 11.5. The van der Waals surface area contributed by atoms with Crippen molar-refractivity contribution in [1.82, 2.24) is 10.2 Å². The molecule has 7 heteroatoms. The van der Waals surface area contributed by atoms with Crippen molar-refractivity contribution in [2.24, 2.45) is 5.92 Å². The summed E-state index contributed by atoms with van der Waals surface area (Å²) < 4.78 is 10.2. The van der Waals surface area contributed by atoms with Crippen LogP contribution in [0.4, 0.5) is 0 Å². The molecule has 2 aliphatic rings. The lowest BCUT2D eigenvalue weighted by molar-refractivity contribution is -0.139. The topological polar surface area (TPSA) is 88.9 Å². The third-order valence-corrected chi connectivity index (χ3v) is 4.58. The molecule has 1 atom stereocenters. The number of carbonyl (C=O) groups excluding carboxylic acids is 3. The van der Waals surface area contributed by atoms with E-state index in [9.17, 15) is 14.4 Å². The molecule has 0 unspecified atom stereocenters. The lowest BCUT2D eigenvalue weighted by Crippen LogP contribution is -2.46. The van der Waals surface area contributed by atoms with Gasteiger partial charge in [0.2, 0.25) is 11.8 Å². The van der Waals surface area contributed by atoms with Crippen LogP contribution in [0.15, 0.2) is 10.5 Å². The zero-order valence-electron chi connectivity index (χ0n) is 14.0. The fourth-order valence-electron chi connectivity index (χ4n) is 3.10. The Kier molecular flexibility index (Phi) is 4.59. The molecule has 0 bridgehead atoms. The Morgan fingerprint density at radius 3 is 2.75 bits per heavy atom. The van der Waals surface area contributed by atoms with Gasteiger partial charge < -0.3 is 19.4 Å². The highest BCUT2D eigenvalue weighted by Crippen LogP contribution is 2.33. The van der Waals surface area contributed by atoms with E-state index in [4.69, 9.17) is 4.42 Å². The van der Waals surface area contributed by atoms with Gasteiger partial charge in [0.05, 0.1) is 13.7 Å². The van der Waals surface area contributed by atoms with Gasteiger partial charge in [0.1, 0.15) is 23.1 Å². The number of furan rings is 1. The minimum atomic E-state index is -0.467. The number of esters is 1. The number of likely N-dealkylation sites (tertiary alicyclic amines) is 1. The zero-order valence-corrected chi connectivity index (χ0v) is 14.0. The van der Waals surface area contributed by atoms with Crippen molar-refractivity contribution in [2.45, 2.75) is 45.2 Å². The van der Waals surface area contributed by atoms with Crippen LogP contribution in [0.1, 0.15) is 47.6 Å². The summed E-state index contributed by atoms with van der Waals surface area (Å²) in [5.74, 6) is 0.529. The van der Waals surface area contributed by atoms with Gasteiger partial charge in [-0.15, -0.1) is 0 Å². The first kappa shape index (κ1) is 16.5. The number of amides is 2. The van der Waals surface area contributed by atoms with Crippen LogP contribution in [-0.2, 0) is 20.9 Å². The average molecular weight is 334 g/mol. The van der Waals surface area contributed by atoms with Crippen LogP contribution in [0.5, 0.6) is 0 Å². The maximum atomic E-state index is 12.4. The standard InChI is InChI=1S/C17H22N2O5/c1-10-13(17(22)23-2)8-12(24-10)9-18-15(20)14-4-3-7-19(14)16(21)11-5-6-11/h8,11,14H,3-7,9H2,1-2H3,(H,18,20)/t14-/m0/s1. The number of carbonyl (C=O) groups is 3. The summed E-state index contributed by atoms with van der Waals surface area (Å²) in [5.41, 5.74) is 0.355. The van der Waals surface area contributed by atoms with Gasteiger partial charge in [-0.25, -0.2) is 4.79 Å². The maximum Gasteiger partial charge on any atom is 0.341 e. The third kappa shape index (κ3) is 3.29. The molecule has 2 fully saturated rings. The maximum absolute atomic E-state index is 12.4. The van der Waals surface area contributed by atoms with Crippen molar-refractivity contribution in [2.75, 3.05) is 13.7 Å².